The van der Waals surface area contributed by atoms with E-state index in [1.807, 2.05) is 54.6 Å². The topological polar surface area (TPSA) is 64.0 Å². The van der Waals surface area contributed by atoms with Crippen molar-refractivity contribution in [3.8, 4) is 10.4 Å². The van der Waals surface area contributed by atoms with E-state index < -0.39 is 0 Å². The fourth-order valence-corrected chi connectivity index (χ4v) is 5.31. The molecule has 0 atom stereocenters. The Labute approximate surface area is 184 Å². The van der Waals surface area contributed by atoms with E-state index >= 15 is 0 Å². The Morgan fingerprint density at radius 3 is 2.45 bits per heavy atom. The standard InChI is InChI=1S/C25H23N3O2S/c29-22(26-16-25(12-7-13-25)19-10-5-2-6-11-19)15-28-17-27-20-14-21(31-23(20)24(28)30)18-8-3-1-4-9-18/h1-6,8-11,14,17H,7,12-13,15-16H2,(H,26,29). The number of thiophene rings is 1. The number of hydrogen-bond acceptors (Lipinski definition) is 4. The van der Waals surface area contributed by atoms with E-state index in [0.717, 1.165) is 23.3 Å². The second kappa shape index (κ2) is 8.12. The van der Waals surface area contributed by atoms with Gasteiger partial charge >= 0.3 is 0 Å². The molecule has 1 fully saturated rings. The van der Waals surface area contributed by atoms with Gasteiger partial charge in [0.25, 0.3) is 5.56 Å². The van der Waals surface area contributed by atoms with Crippen LogP contribution in [-0.2, 0) is 16.8 Å². The zero-order valence-electron chi connectivity index (χ0n) is 17.1. The molecule has 1 N–H and O–H groups in total. The lowest BCUT2D eigenvalue weighted by Crippen LogP contribution is -2.46. The molecule has 0 spiro atoms. The number of nitrogens with zero attached hydrogens (tertiary/aromatic N) is 2. The van der Waals surface area contributed by atoms with Gasteiger partial charge in [-0.05, 0) is 30.0 Å². The summed E-state index contributed by atoms with van der Waals surface area (Å²) in [6.07, 6.45) is 4.79. The van der Waals surface area contributed by atoms with E-state index in [2.05, 4.69) is 22.4 Å². The second-order valence-corrected chi connectivity index (χ2v) is 9.20. The predicted molar refractivity (Wildman–Crippen MR) is 124 cm³/mol. The Balaban J connectivity index is 1.32. The van der Waals surface area contributed by atoms with Gasteiger partial charge in [-0.25, -0.2) is 4.98 Å². The van der Waals surface area contributed by atoms with E-state index in [1.54, 1.807) is 0 Å². The third-order valence-electron chi connectivity index (χ3n) is 6.20. The third kappa shape index (κ3) is 3.79. The van der Waals surface area contributed by atoms with Crippen molar-refractivity contribution in [2.24, 2.45) is 0 Å². The van der Waals surface area contributed by atoms with Crippen LogP contribution in [0.15, 0.2) is 77.9 Å². The van der Waals surface area contributed by atoms with Gasteiger partial charge in [-0.2, -0.15) is 0 Å². The number of fused-ring (bicyclic) bond motifs is 1. The molecule has 0 aliphatic heterocycles. The van der Waals surface area contributed by atoms with Gasteiger partial charge in [0.15, 0.2) is 0 Å². The molecule has 1 saturated carbocycles. The van der Waals surface area contributed by atoms with E-state index in [4.69, 9.17) is 0 Å². The molecule has 1 amide bonds. The molecule has 0 bridgehead atoms. The predicted octanol–water partition coefficient (Wildman–Crippen LogP) is 4.36. The Kier molecular flexibility index (Phi) is 5.16. The van der Waals surface area contributed by atoms with Gasteiger partial charge in [0.1, 0.15) is 11.2 Å². The Morgan fingerprint density at radius 2 is 1.77 bits per heavy atom. The number of hydrogen-bond donors (Lipinski definition) is 1. The summed E-state index contributed by atoms with van der Waals surface area (Å²) in [6.45, 7) is 0.572. The van der Waals surface area contributed by atoms with Crippen molar-refractivity contribution in [3.63, 3.8) is 0 Å². The molecule has 2 heterocycles. The molecule has 0 saturated heterocycles. The third-order valence-corrected chi connectivity index (χ3v) is 7.36. The Morgan fingerprint density at radius 1 is 1.06 bits per heavy atom. The van der Waals surface area contributed by atoms with Crippen LogP contribution in [-0.4, -0.2) is 22.0 Å². The highest BCUT2D eigenvalue weighted by atomic mass is 32.1. The van der Waals surface area contributed by atoms with Crippen molar-refractivity contribution >= 4 is 27.5 Å². The first-order chi connectivity index (χ1) is 15.1. The van der Waals surface area contributed by atoms with Crippen LogP contribution in [0.2, 0.25) is 0 Å². The summed E-state index contributed by atoms with van der Waals surface area (Å²) < 4.78 is 1.98. The van der Waals surface area contributed by atoms with Crippen LogP contribution in [0.3, 0.4) is 0 Å². The van der Waals surface area contributed by atoms with E-state index in [0.29, 0.717) is 16.8 Å². The summed E-state index contributed by atoms with van der Waals surface area (Å²) in [6, 6.07) is 22.2. The van der Waals surface area contributed by atoms with Crippen molar-refractivity contribution in [1.82, 2.24) is 14.9 Å². The van der Waals surface area contributed by atoms with Crippen molar-refractivity contribution in [2.75, 3.05) is 6.54 Å². The summed E-state index contributed by atoms with van der Waals surface area (Å²) in [5.41, 5.74) is 2.84. The summed E-state index contributed by atoms with van der Waals surface area (Å²) >= 11 is 1.42. The number of amides is 1. The summed E-state index contributed by atoms with van der Waals surface area (Å²) in [5, 5.41) is 3.06. The molecular formula is C25H23N3O2S. The summed E-state index contributed by atoms with van der Waals surface area (Å²) in [4.78, 5) is 31.0. The minimum absolute atomic E-state index is 0.0163. The van der Waals surface area contributed by atoms with Crippen LogP contribution in [0.1, 0.15) is 24.8 Å². The maximum atomic E-state index is 13.0. The average Bonchev–Trinajstić information content (AvgIpc) is 3.22. The van der Waals surface area contributed by atoms with Crippen LogP contribution in [0.4, 0.5) is 0 Å². The van der Waals surface area contributed by atoms with Crippen LogP contribution in [0.25, 0.3) is 20.7 Å². The average molecular weight is 430 g/mol. The number of rotatable bonds is 6. The second-order valence-electron chi connectivity index (χ2n) is 8.15. The first-order valence-corrected chi connectivity index (χ1v) is 11.3. The van der Waals surface area contributed by atoms with Crippen LogP contribution < -0.4 is 10.9 Å². The van der Waals surface area contributed by atoms with E-state index in [-0.39, 0.29) is 23.4 Å². The highest BCUT2D eigenvalue weighted by Gasteiger charge is 2.38. The molecule has 31 heavy (non-hydrogen) atoms. The number of aromatic nitrogens is 2. The van der Waals surface area contributed by atoms with Crippen LogP contribution in [0, 0.1) is 0 Å². The molecule has 1 aliphatic rings. The molecule has 5 rings (SSSR count). The zero-order chi connectivity index (χ0) is 21.3. The highest BCUT2D eigenvalue weighted by Crippen LogP contribution is 2.43. The van der Waals surface area contributed by atoms with Gasteiger partial charge in [-0.3, -0.25) is 14.2 Å². The lowest BCUT2D eigenvalue weighted by Gasteiger charge is -2.42. The minimum Gasteiger partial charge on any atom is -0.354 e. The van der Waals surface area contributed by atoms with E-state index in [9.17, 15) is 9.59 Å². The number of carbonyl (C=O) groups excluding carboxylic acids is 1. The Hall–Kier alpha value is -3.25. The Bertz CT molecular complexity index is 1270. The smallest absolute Gasteiger partial charge is 0.271 e. The molecule has 1 aliphatic carbocycles. The van der Waals surface area contributed by atoms with Crippen molar-refractivity contribution in [3.05, 3.63) is 89.0 Å². The molecule has 6 heteroatoms. The van der Waals surface area contributed by atoms with Crippen LogP contribution >= 0.6 is 11.3 Å². The number of nitrogens with one attached hydrogen (secondary N) is 1. The minimum atomic E-state index is -0.172. The first kappa shape index (κ1) is 19.7. The maximum absolute atomic E-state index is 13.0. The SMILES string of the molecule is O=C(Cn1cnc2cc(-c3ccccc3)sc2c1=O)NCC1(c2ccccc2)CCC1. The number of benzene rings is 2. The summed E-state index contributed by atoms with van der Waals surface area (Å²) in [7, 11) is 0. The molecule has 0 unspecified atom stereocenters. The van der Waals surface area contributed by atoms with Gasteiger partial charge in [-0.15, -0.1) is 11.3 Å². The quantitative estimate of drug-likeness (QED) is 0.495. The molecule has 156 valence electrons. The first-order valence-electron chi connectivity index (χ1n) is 10.5. The highest BCUT2D eigenvalue weighted by molar-refractivity contribution is 7.22. The van der Waals surface area contributed by atoms with Gasteiger partial charge in [0, 0.05) is 16.8 Å². The van der Waals surface area contributed by atoms with Crippen molar-refractivity contribution in [2.45, 2.75) is 31.2 Å². The van der Waals surface area contributed by atoms with Gasteiger partial charge in [0.05, 0.1) is 11.8 Å². The van der Waals surface area contributed by atoms with E-state index in [1.165, 1.54) is 34.2 Å². The lowest BCUT2D eigenvalue weighted by atomic mass is 9.64. The molecular weight excluding hydrogens is 406 g/mol. The molecule has 2 aromatic carbocycles. The monoisotopic (exact) mass is 429 g/mol. The van der Waals surface area contributed by atoms with Gasteiger partial charge in [-0.1, -0.05) is 67.1 Å². The summed E-state index contributed by atoms with van der Waals surface area (Å²) in [5.74, 6) is -0.162. The van der Waals surface area contributed by atoms with Crippen molar-refractivity contribution in [1.29, 1.82) is 0 Å². The zero-order valence-corrected chi connectivity index (χ0v) is 17.9. The largest absolute Gasteiger partial charge is 0.354 e. The van der Waals surface area contributed by atoms with Gasteiger partial charge in [0.2, 0.25) is 5.91 Å². The van der Waals surface area contributed by atoms with Gasteiger partial charge < -0.3 is 5.32 Å². The lowest BCUT2D eigenvalue weighted by molar-refractivity contribution is -0.122. The molecule has 5 nitrogen and oxygen atoms in total. The van der Waals surface area contributed by atoms with Crippen molar-refractivity contribution < 1.29 is 4.79 Å². The number of carbonyl (C=O) groups is 1. The maximum Gasteiger partial charge on any atom is 0.271 e. The molecule has 0 radical (unpaired) electrons. The fraction of sp³-hybridized carbons (Fsp3) is 0.240. The van der Waals surface area contributed by atoms with Crippen LogP contribution in [0.5, 0.6) is 0 Å². The molecule has 4 aromatic rings. The fourth-order valence-electron chi connectivity index (χ4n) is 4.24. The molecule has 2 aromatic heterocycles. The normalized spacial score (nSPS) is 14.8.